The standard InChI is InChI=1S/C30H30N4O3/c1-30(2,3)37-29(36)34-24-14-12-20(18-7-5-4-6-8-18)16-25(24)33-28(35)22-15-21-11-13-23(31)26(19-9-10-19)27(21)32-17-22/h4-8,11-17,19H,9-10,31H2,1-3H3,(H,33,35)(H,34,36). The Balaban J connectivity index is 1.46. The van der Waals surface area contributed by atoms with Gasteiger partial charge in [-0.3, -0.25) is 15.1 Å². The maximum absolute atomic E-state index is 13.4. The zero-order valence-electron chi connectivity index (χ0n) is 21.2. The van der Waals surface area contributed by atoms with Crippen molar-refractivity contribution in [2.45, 2.75) is 45.1 Å². The monoisotopic (exact) mass is 494 g/mol. The average molecular weight is 495 g/mol. The van der Waals surface area contributed by atoms with E-state index >= 15 is 0 Å². The van der Waals surface area contributed by atoms with Gasteiger partial charge in [0.1, 0.15) is 5.60 Å². The van der Waals surface area contributed by atoms with Crippen molar-refractivity contribution < 1.29 is 14.3 Å². The van der Waals surface area contributed by atoms with E-state index in [9.17, 15) is 9.59 Å². The van der Waals surface area contributed by atoms with Crippen LogP contribution in [0.4, 0.5) is 21.9 Å². The van der Waals surface area contributed by atoms with E-state index in [0.29, 0.717) is 22.9 Å². The van der Waals surface area contributed by atoms with E-state index in [1.165, 1.54) is 0 Å². The fraction of sp³-hybridized carbons (Fsp3) is 0.233. The molecule has 0 bridgehead atoms. The number of hydrogen-bond acceptors (Lipinski definition) is 5. The van der Waals surface area contributed by atoms with Crippen molar-refractivity contribution in [3.05, 3.63) is 84.1 Å². The van der Waals surface area contributed by atoms with Crippen LogP contribution in [-0.2, 0) is 4.74 Å². The molecule has 0 aliphatic heterocycles. The van der Waals surface area contributed by atoms with Gasteiger partial charge >= 0.3 is 6.09 Å². The van der Waals surface area contributed by atoms with Crippen LogP contribution in [0.1, 0.15) is 55.5 Å². The molecule has 1 aliphatic rings. The number of nitrogen functional groups attached to an aromatic ring is 1. The molecule has 1 saturated carbocycles. The second-order valence-electron chi connectivity index (χ2n) is 10.3. The van der Waals surface area contributed by atoms with Crippen LogP contribution < -0.4 is 16.4 Å². The van der Waals surface area contributed by atoms with Gasteiger partial charge in [0.15, 0.2) is 0 Å². The van der Waals surface area contributed by atoms with Gasteiger partial charge in [0.2, 0.25) is 0 Å². The zero-order chi connectivity index (χ0) is 26.2. The van der Waals surface area contributed by atoms with Crippen LogP contribution in [0.5, 0.6) is 0 Å². The summed E-state index contributed by atoms with van der Waals surface area (Å²) in [5.41, 5.74) is 11.4. The Hall–Kier alpha value is -4.39. The summed E-state index contributed by atoms with van der Waals surface area (Å²) in [5.74, 6) is 0.106. The summed E-state index contributed by atoms with van der Waals surface area (Å²) in [6.07, 6.45) is 3.19. The summed E-state index contributed by atoms with van der Waals surface area (Å²) in [6.45, 7) is 5.38. The highest BCUT2D eigenvalue weighted by Gasteiger charge is 2.28. The van der Waals surface area contributed by atoms with Gasteiger partial charge in [-0.05, 0) is 74.9 Å². The summed E-state index contributed by atoms with van der Waals surface area (Å²) in [5, 5.41) is 6.59. The first-order valence-electron chi connectivity index (χ1n) is 12.4. The van der Waals surface area contributed by atoms with Gasteiger partial charge in [0.05, 0.1) is 22.5 Å². The van der Waals surface area contributed by atoms with E-state index in [4.69, 9.17) is 10.5 Å². The second-order valence-corrected chi connectivity index (χ2v) is 10.3. The van der Waals surface area contributed by atoms with E-state index in [1.807, 2.05) is 60.7 Å². The first-order chi connectivity index (χ1) is 17.7. The number of aromatic nitrogens is 1. The number of rotatable bonds is 5. The van der Waals surface area contributed by atoms with Gasteiger partial charge in [-0.1, -0.05) is 42.5 Å². The average Bonchev–Trinajstić information content (AvgIpc) is 3.69. The van der Waals surface area contributed by atoms with Crippen LogP contribution in [0.3, 0.4) is 0 Å². The van der Waals surface area contributed by atoms with Gasteiger partial charge in [-0.15, -0.1) is 0 Å². The lowest BCUT2D eigenvalue weighted by atomic mass is 10.0. The third-order valence-electron chi connectivity index (χ3n) is 6.18. The fourth-order valence-corrected chi connectivity index (χ4v) is 4.34. The molecule has 0 atom stereocenters. The zero-order valence-corrected chi connectivity index (χ0v) is 21.2. The molecule has 1 aliphatic carbocycles. The Labute approximate surface area is 216 Å². The molecule has 7 nitrogen and oxygen atoms in total. The van der Waals surface area contributed by atoms with Crippen molar-refractivity contribution in [1.82, 2.24) is 4.98 Å². The third kappa shape index (κ3) is 5.56. The molecule has 5 rings (SSSR count). The predicted octanol–water partition coefficient (Wildman–Crippen LogP) is 6.96. The number of amides is 2. The maximum atomic E-state index is 13.4. The molecule has 3 aromatic carbocycles. The normalized spacial score (nSPS) is 13.3. The summed E-state index contributed by atoms with van der Waals surface area (Å²) in [7, 11) is 0. The SMILES string of the molecule is CC(C)(C)OC(=O)Nc1ccc(-c2ccccc2)cc1NC(=O)c1cnc2c(C3CC3)c(N)ccc2c1. The van der Waals surface area contributed by atoms with E-state index in [1.54, 1.807) is 33.0 Å². The minimum Gasteiger partial charge on any atom is -0.444 e. The first-order valence-corrected chi connectivity index (χ1v) is 12.4. The Morgan fingerprint density at radius 1 is 0.919 bits per heavy atom. The number of nitrogens with one attached hydrogen (secondary N) is 2. The highest BCUT2D eigenvalue weighted by atomic mass is 16.6. The smallest absolute Gasteiger partial charge is 0.412 e. The van der Waals surface area contributed by atoms with Crippen LogP contribution in [-0.4, -0.2) is 22.6 Å². The molecule has 0 unspecified atom stereocenters. The first kappa shape index (κ1) is 24.3. The quantitative estimate of drug-likeness (QED) is 0.260. The largest absolute Gasteiger partial charge is 0.444 e. The van der Waals surface area contributed by atoms with Crippen LogP contribution >= 0.6 is 0 Å². The minimum absolute atomic E-state index is 0.336. The summed E-state index contributed by atoms with van der Waals surface area (Å²) in [6, 6.07) is 20.9. The number of pyridine rings is 1. The number of hydrogen-bond donors (Lipinski definition) is 3. The number of anilines is 3. The number of carbonyl (C=O) groups is 2. The number of fused-ring (bicyclic) bond motifs is 1. The van der Waals surface area contributed by atoms with Gasteiger partial charge in [-0.25, -0.2) is 4.79 Å². The van der Waals surface area contributed by atoms with Crippen molar-refractivity contribution in [3.63, 3.8) is 0 Å². The lowest BCUT2D eigenvalue weighted by molar-refractivity contribution is 0.0635. The van der Waals surface area contributed by atoms with E-state index in [-0.39, 0.29) is 5.91 Å². The van der Waals surface area contributed by atoms with Crippen molar-refractivity contribution in [1.29, 1.82) is 0 Å². The number of nitrogens with zero attached hydrogens (tertiary/aromatic N) is 1. The van der Waals surface area contributed by atoms with Gasteiger partial charge in [-0.2, -0.15) is 0 Å². The molecule has 1 aromatic heterocycles. The summed E-state index contributed by atoms with van der Waals surface area (Å²) < 4.78 is 5.41. The number of benzene rings is 3. The molecule has 7 heteroatoms. The summed E-state index contributed by atoms with van der Waals surface area (Å²) in [4.78, 5) is 30.5. The van der Waals surface area contributed by atoms with Crippen LogP contribution in [0.2, 0.25) is 0 Å². The predicted molar refractivity (Wildman–Crippen MR) is 148 cm³/mol. The third-order valence-corrected chi connectivity index (χ3v) is 6.18. The fourth-order valence-electron chi connectivity index (χ4n) is 4.34. The lowest BCUT2D eigenvalue weighted by Gasteiger charge is -2.21. The van der Waals surface area contributed by atoms with Crippen molar-refractivity contribution in [2.75, 3.05) is 16.4 Å². The second kappa shape index (κ2) is 9.58. The van der Waals surface area contributed by atoms with Gasteiger partial charge in [0.25, 0.3) is 5.91 Å². The number of ether oxygens (including phenoxy) is 1. The van der Waals surface area contributed by atoms with Gasteiger partial charge in [0, 0.05) is 22.8 Å². The van der Waals surface area contributed by atoms with E-state index < -0.39 is 11.7 Å². The summed E-state index contributed by atoms with van der Waals surface area (Å²) >= 11 is 0. The molecular weight excluding hydrogens is 464 g/mol. The molecule has 4 N–H and O–H groups in total. The molecule has 1 fully saturated rings. The topological polar surface area (TPSA) is 106 Å². The van der Waals surface area contributed by atoms with Gasteiger partial charge < -0.3 is 15.8 Å². The lowest BCUT2D eigenvalue weighted by Crippen LogP contribution is -2.27. The Bertz CT molecular complexity index is 1490. The molecule has 188 valence electrons. The van der Waals surface area contributed by atoms with Crippen LogP contribution in [0.15, 0.2) is 72.9 Å². The maximum Gasteiger partial charge on any atom is 0.412 e. The van der Waals surface area contributed by atoms with Crippen LogP contribution in [0, 0.1) is 0 Å². The molecule has 0 radical (unpaired) electrons. The highest BCUT2D eigenvalue weighted by Crippen LogP contribution is 2.45. The van der Waals surface area contributed by atoms with Crippen molar-refractivity contribution >= 4 is 40.0 Å². The van der Waals surface area contributed by atoms with E-state index in [2.05, 4.69) is 15.6 Å². The van der Waals surface area contributed by atoms with Crippen LogP contribution in [0.25, 0.3) is 22.0 Å². The minimum atomic E-state index is -0.656. The highest BCUT2D eigenvalue weighted by molar-refractivity contribution is 6.08. The van der Waals surface area contributed by atoms with Crippen molar-refractivity contribution in [2.24, 2.45) is 0 Å². The molecule has 1 heterocycles. The van der Waals surface area contributed by atoms with Crippen molar-refractivity contribution in [3.8, 4) is 11.1 Å². The molecule has 4 aromatic rings. The molecule has 2 amide bonds. The Morgan fingerprint density at radius 3 is 2.38 bits per heavy atom. The molecule has 0 saturated heterocycles. The molecular formula is C30H30N4O3. The number of nitrogens with two attached hydrogens (primary N) is 1. The van der Waals surface area contributed by atoms with E-state index in [0.717, 1.165) is 46.1 Å². The Kier molecular flexibility index (Phi) is 6.29. The number of carbonyl (C=O) groups excluding carboxylic acids is 2. The Morgan fingerprint density at radius 2 is 1.68 bits per heavy atom. The molecule has 0 spiro atoms. The molecule has 37 heavy (non-hydrogen) atoms.